The molecule has 0 spiro atoms. The molecule has 1 aliphatic rings. The standard InChI is InChI=1S/C12H25N3O/c1-4-13-11-7-6-8-15(12(11)16)10-9-14(3)5-2/h11,13H,4-10H2,1-3H3. The summed E-state index contributed by atoms with van der Waals surface area (Å²) in [6.45, 7) is 8.87. The monoisotopic (exact) mass is 227 g/mol. The molecule has 4 nitrogen and oxygen atoms in total. The predicted octanol–water partition coefficient (Wildman–Crippen LogP) is 0.539. The van der Waals surface area contributed by atoms with Crippen molar-refractivity contribution in [2.45, 2.75) is 32.7 Å². The number of likely N-dealkylation sites (tertiary alicyclic amines) is 1. The van der Waals surface area contributed by atoms with Gasteiger partial charge >= 0.3 is 0 Å². The van der Waals surface area contributed by atoms with Crippen LogP contribution in [-0.2, 0) is 4.79 Å². The first kappa shape index (κ1) is 13.5. The number of nitrogens with one attached hydrogen (secondary N) is 1. The number of hydrogen-bond donors (Lipinski definition) is 1. The summed E-state index contributed by atoms with van der Waals surface area (Å²) >= 11 is 0. The van der Waals surface area contributed by atoms with Crippen molar-refractivity contribution in [3.63, 3.8) is 0 Å². The summed E-state index contributed by atoms with van der Waals surface area (Å²) in [4.78, 5) is 16.3. The van der Waals surface area contributed by atoms with Gasteiger partial charge in [0.1, 0.15) is 0 Å². The highest BCUT2D eigenvalue weighted by molar-refractivity contribution is 5.82. The molecule has 0 bridgehead atoms. The van der Waals surface area contributed by atoms with Gasteiger partial charge in [-0.1, -0.05) is 13.8 Å². The largest absolute Gasteiger partial charge is 0.340 e. The van der Waals surface area contributed by atoms with E-state index in [0.29, 0.717) is 0 Å². The van der Waals surface area contributed by atoms with Gasteiger partial charge in [0, 0.05) is 19.6 Å². The Kier molecular flexibility index (Phi) is 5.77. The van der Waals surface area contributed by atoms with E-state index in [9.17, 15) is 4.79 Å². The van der Waals surface area contributed by atoms with Gasteiger partial charge in [-0.25, -0.2) is 0 Å². The lowest BCUT2D eigenvalue weighted by molar-refractivity contribution is -0.136. The number of piperidine rings is 1. The van der Waals surface area contributed by atoms with Crippen LogP contribution in [0.2, 0.25) is 0 Å². The van der Waals surface area contributed by atoms with E-state index in [4.69, 9.17) is 0 Å². The molecule has 0 radical (unpaired) electrons. The summed E-state index contributed by atoms with van der Waals surface area (Å²) in [7, 11) is 2.09. The molecule has 1 fully saturated rings. The molecule has 16 heavy (non-hydrogen) atoms. The molecule has 0 aromatic heterocycles. The molecular formula is C12H25N3O. The molecule has 1 heterocycles. The fourth-order valence-electron chi connectivity index (χ4n) is 2.05. The first-order valence-corrected chi connectivity index (χ1v) is 6.39. The molecule has 1 aliphatic heterocycles. The minimum absolute atomic E-state index is 0.0608. The van der Waals surface area contributed by atoms with E-state index in [1.165, 1.54) is 0 Å². The predicted molar refractivity (Wildman–Crippen MR) is 66.4 cm³/mol. The van der Waals surface area contributed by atoms with E-state index < -0.39 is 0 Å². The van der Waals surface area contributed by atoms with Crippen molar-refractivity contribution < 1.29 is 4.79 Å². The summed E-state index contributed by atoms with van der Waals surface area (Å²) in [6, 6.07) is 0.0608. The Morgan fingerprint density at radius 1 is 1.50 bits per heavy atom. The van der Waals surface area contributed by atoms with Crippen LogP contribution in [0.4, 0.5) is 0 Å². The normalized spacial score (nSPS) is 21.9. The number of carbonyl (C=O) groups is 1. The van der Waals surface area contributed by atoms with Gasteiger partial charge in [-0.3, -0.25) is 4.79 Å². The maximum absolute atomic E-state index is 12.1. The van der Waals surface area contributed by atoms with Gasteiger partial charge in [0.05, 0.1) is 6.04 Å². The van der Waals surface area contributed by atoms with Gasteiger partial charge in [0.2, 0.25) is 5.91 Å². The van der Waals surface area contributed by atoms with Crippen molar-refractivity contribution in [2.75, 3.05) is 39.8 Å². The number of likely N-dealkylation sites (N-methyl/N-ethyl adjacent to an activating group) is 2. The van der Waals surface area contributed by atoms with Crippen molar-refractivity contribution in [3.05, 3.63) is 0 Å². The van der Waals surface area contributed by atoms with Gasteiger partial charge < -0.3 is 15.1 Å². The number of nitrogens with zero attached hydrogens (tertiary/aromatic N) is 2. The molecule has 1 unspecified atom stereocenters. The van der Waals surface area contributed by atoms with Gasteiger partial charge in [0.25, 0.3) is 0 Å². The van der Waals surface area contributed by atoms with E-state index >= 15 is 0 Å². The molecule has 1 atom stereocenters. The molecule has 1 saturated heterocycles. The maximum atomic E-state index is 12.1. The van der Waals surface area contributed by atoms with Crippen molar-refractivity contribution in [1.82, 2.24) is 15.1 Å². The maximum Gasteiger partial charge on any atom is 0.239 e. The lowest BCUT2D eigenvalue weighted by atomic mass is 10.0. The molecule has 1 N–H and O–H groups in total. The van der Waals surface area contributed by atoms with Crippen molar-refractivity contribution in [1.29, 1.82) is 0 Å². The van der Waals surface area contributed by atoms with Crippen LogP contribution in [0.15, 0.2) is 0 Å². The SMILES string of the molecule is CCNC1CCCN(CCN(C)CC)C1=O. The zero-order chi connectivity index (χ0) is 12.0. The Morgan fingerprint density at radius 3 is 2.88 bits per heavy atom. The van der Waals surface area contributed by atoms with Crippen LogP contribution in [0.1, 0.15) is 26.7 Å². The molecule has 0 aromatic rings. The highest BCUT2D eigenvalue weighted by atomic mass is 16.2. The minimum Gasteiger partial charge on any atom is -0.340 e. The van der Waals surface area contributed by atoms with E-state index in [0.717, 1.165) is 45.6 Å². The molecule has 1 rings (SSSR count). The lowest BCUT2D eigenvalue weighted by Gasteiger charge is -2.33. The molecule has 94 valence electrons. The van der Waals surface area contributed by atoms with E-state index in [-0.39, 0.29) is 11.9 Å². The fourth-order valence-corrected chi connectivity index (χ4v) is 2.05. The average molecular weight is 227 g/mol. The first-order valence-electron chi connectivity index (χ1n) is 6.39. The highest BCUT2D eigenvalue weighted by Crippen LogP contribution is 2.11. The zero-order valence-electron chi connectivity index (χ0n) is 10.8. The highest BCUT2D eigenvalue weighted by Gasteiger charge is 2.27. The van der Waals surface area contributed by atoms with Crippen LogP contribution in [0.5, 0.6) is 0 Å². The van der Waals surface area contributed by atoms with Crippen LogP contribution in [-0.4, -0.2) is 61.5 Å². The number of amides is 1. The molecule has 1 amide bonds. The Hall–Kier alpha value is -0.610. The second-order valence-corrected chi connectivity index (χ2v) is 4.47. The minimum atomic E-state index is 0.0608. The Balaban J connectivity index is 2.38. The summed E-state index contributed by atoms with van der Waals surface area (Å²) in [5, 5.41) is 3.26. The quantitative estimate of drug-likeness (QED) is 0.719. The number of rotatable bonds is 6. The molecule has 0 saturated carbocycles. The second-order valence-electron chi connectivity index (χ2n) is 4.47. The number of carbonyl (C=O) groups excluding carboxylic acids is 1. The van der Waals surface area contributed by atoms with Crippen LogP contribution < -0.4 is 5.32 Å². The van der Waals surface area contributed by atoms with E-state index in [1.807, 2.05) is 4.90 Å². The van der Waals surface area contributed by atoms with Crippen molar-refractivity contribution in [2.24, 2.45) is 0 Å². The van der Waals surface area contributed by atoms with Gasteiger partial charge in [-0.2, -0.15) is 0 Å². The fraction of sp³-hybridized carbons (Fsp3) is 0.917. The Bertz CT molecular complexity index is 218. The van der Waals surface area contributed by atoms with E-state index in [1.54, 1.807) is 0 Å². The van der Waals surface area contributed by atoms with Gasteiger partial charge in [-0.05, 0) is 33.0 Å². The summed E-state index contributed by atoms with van der Waals surface area (Å²) in [5.74, 6) is 0.289. The Morgan fingerprint density at radius 2 is 2.25 bits per heavy atom. The third kappa shape index (κ3) is 3.76. The first-order chi connectivity index (χ1) is 7.69. The van der Waals surface area contributed by atoms with Crippen molar-refractivity contribution in [3.8, 4) is 0 Å². The summed E-state index contributed by atoms with van der Waals surface area (Å²) in [6.07, 6.45) is 2.12. The second kappa shape index (κ2) is 6.86. The average Bonchev–Trinajstić information content (AvgIpc) is 2.30. The van der Waals surface area contributed by atoms with Crippen molar-refractivity contribution >= 4 is 5.91 Å². The lowest BCUT2D eigenvalue weighted by Crippen LogP contribution is -2.52. The van der Waals surface area contributed by atoms with E-state index in [2.05, 4.69) is 31.1 Å². The zero-order valence-corrected chi connectivity index (χ0v) is 10.8. The summed E-state index contributed by atoms with van der Waals surface area (Å²) < 4.78 is 0. The molecule has 4 heteroatoms. The Labute approximate surface area is 99.0 Å². The molecule has 0 aromatic carbocycles. The summed E-state index contributed by atoms with van der Waals surface area (Å²) in [5.41, 5.74) is 0. The van der Waals surface area contributed by atoms with Crippen LogP contribution in [0.3, 0.4) is 0 Å². The van der Waals surface area contributed by atoms with Crippen LogP contribution in [0.25, 0.3) is 0 Å². The molecule has 0 aliphatic carbocycles. The molecular weight excluding hydrogens is 202 g/mol. The van der Waals surface area contributed by atoms with Gasteiger partial charge in [-0.15, -0.1) is 0 Å². The van der Waals surface area contributed by atoms with Crippen LogP contribution in [0, 0.1) is 0 Å². The topological polar surface area (TPSA) is 35.6 Å². The smallest absolute Gasteiger partial charge is 0.239 e. The third-order valence-electron chi connectivity index (χ3n) is 3.27. The number of hydrogen-bond acceptors (Lipinski definition) is 3. The third-order valence-corrected chi connectivity index (χ3v) is 3.27. The van der Waals surface area contributed by atoms with Gasteiger partial charge in [0.15, 0.2) is 0 Å². The van der Waals surface area contributed by atoms with Crippen LogP contribution >= 0.6 is 0 Å².